The third-order valence-corrected chi connectivity index (χ3v) is 3.33. The standard InChI is InChI=1S/C11H9Cl3N4O/c1-4-8(11(16)19)10(15)18(17-4)9-6(13)2-5(12)3-7(9)14/h2-3H,15H2,1H3,(H2,16,19). The number of hydrogen-bond donors (Lipinski definition) is 2. The first kappa shape index (κ1) is 14.0. The number of nitrogen functional groups attached to an aromatic ring is 1. The number of carbonyl (C=O) groups excluding carboxylic acids is 1. The third-order valence-electron chi connectivity index (χ3n) is 2.54. The highest BCUT2D eigenvalue weighted by Gasteiger charge is 2.21. The first-order valence-corrected chi connectivity index (χ1v) is 6.26. The molecule has 0 unspecified atom stereocenters. The predicted octanol–water partition coefficient (Wildman–Crippen LogP) is 2.82. The number of nitrogens with zero attached hydrogens (tertiary/aromatic N) is 2. The molecule has 100 valence electrons. The number of halogens is 3. The zero-order valence-corrected chi connectivity index (χ0v) is 12.0. The summed E-state index contributed by atoms with van der Waals surface area (Å²) in [5.41, 5.74) is 12.0. The van der Waals surface area contributed by atoms with E-state index in [1.54, 1.807) is 6.92 Å². The van der Waals surface area contributed by atoms with Crippen LogP contribution in [0.25, 0.3) is 5.69 Å². The van der Waals surface area contributed by atoms with Gasteiger partial charge in [-0.2, -0.15) is 5.10 Å². The molecule has 0 fully saturated rings. The first-order valence-electron chi connectivity index (χ1n) is 5.12. The van der Waals surface area contributed by atoms with Crippen molar-refractivity contribution < 1.29 is 4.79 Å². The maximum Gasteiger partial charge on any atom is 0.254 e. The van der Waals surface area contributed by atoms with Crippen molar-refractivity contribution in [2.75, 3.05) is 5.73 Å². The minimum atomic E-state index is -0.664. The Hall–Kier alpha value is -1.43. The van der Waals surface area contributed by atoms with Crippen LogP contribution >= 0.6 is 34.8 Å². The minimum absolute atomic E-state index is 0.0797. The van der Waals surface area contributed by atoms with Crippen LogP contribution in [-0.2, 0) is 0 Å². The van der Waals surface area contributed by atoms with Crippen molar-refractivity contribution in [3.05, 3.63) is 38.5 Å². The van der Waals surface area contributed by atoms with E-state index < -0.39 is 5.91 Å². The largest absolute Gasteiger partial charge is 0.383 e. The van der Waals surface area contributed by atoms with Crippen LogP contribution in [0.5, 0.6) is 0 Å². The van der Waals surface area contributed by atoms with Crippen LogP contribution in [0.15, 0.2) is 12.1 Å². The van der Waals surface area contributed by atoms with E-state index in [0.717, 1.165) is 0 Å². The van der Waals surface area contributed by atoms with Gasteiger partial charge < -0.3 is 11.5 Å². The van der Waals surface area contributed by atoms with Crippen molar-refractivity contribution in [2.24, 2.45) is 5.73 Å². The Morgan fingerprint density at radius 3 is 2.21 bits per heavy atom. The molecule has 1 heterocycles. The molecule has 0 aliphatic carbocycles. The second-order valence-electron chi connectivity index (χ2n) is 3.84. The molecule has 2 aromatic rings. The fourth-order valence-corrected chi connectivity index (χ4v) is 2.73. The Morgan fingerprint density at radius 2 is 1.79 bits per heavy atom. The smallest absolute Gasteiger partial charge is 0.254 e. The van der Waals surface area contributed by atoms with Crippen molar-refractivity contribution in [1.29, 1.82) is 0 Å². The van der Waals surface area contributed by atoms with Crippen LogP contribution in [0, 0.1) is 6.92 Å². The molecule has 0 saturated carbocycles. The van der Waals surface area contributed by atoms with Crippen molar-refractivity contribution in [1.82, 2.24) is 9.78 Å². The number of hydrogen-bond acceptors (Lipinski definition) is 3. The first-order chi connectivity index (χ1) is 8.82. The van der Waals surface area contributed by atoms with E-state index in [1.807, 2.05) is 0 Å². The number of primary amides is 1. The molecule has 8 heteroatoms. The second kappa shape index (κ2) is 4.92. The SMILES string of the molecule is Cc1nn(-c2c(Cl)cc(Cl)cc2Cl)c(N)c1C(N)=O. The third kappa shape index (κ3) is 2.36. The highest BCUT2D eigenvalue weighted by molar-refractivity contribution is 6.40. The van der Waals surface area contributed by atoms with E-state index in [2.05, 4.69) is 5.10 Å². The molecular weight excluding hydrogens is 311 g/mol. The second-order valence-corrected chi connectivity index (χ2v) is 5.09. The van der Waals surface area contributed by atoms with E-state index in [-0.39, 0.29) is 21.4 Å². The molecule has 0 spiro atoms. The molecule has 0 saturated heterocycles. The number of aromatic nitrogens is 2. The van der Waals surface area contributed by atoms with Gasteiger partial charge in [-0.05, 0) is 19.1 Å². The lowest BCUT2D eigenvalue weighted by Crippen LogP contribution is -2.14. The molecule has 19 heavy (non-hydrogen) atoms. The van der Waals surface area contributed by atoms with Crippen LogP contribution in [0.3, 0.4) is 0 Å². The monoisotopic (exact) mass is 318 g/mol. The zero-order chi connectivity index (χ0) is 14.3. The summed E-state index contributed by atoms with van der Waals surface area (Å²) in [4.78, 5) is 11.3. The average molecular weight is 320 g/mol. The molecule has 0 atom stereocenters. The summed E-state index contributed by atoms with van der Waals surface area (Å²) in [7, 11) is 0. The summed E-state index contributed by atoms with van der Waals surface area (Å²) in [5, 5.41) is 5.05. The van der Waals surface area contributed by atoms with Gasteiger partial charge in [-0.15, -0.1) is 0 Å². The van der Waals surface area contributed by atoms with E-state index in [0.29, 0.717) is 16.4 Å². The van der Waals surface area contributed by atoms with Crippen LogP contribution in [0.4, 0.5) is 5.82 Å². The van der Waals surface area contributed by atoms with Crippen LogP contribution in [-0.4, -0.2) is 15.7 Å². The molecule has 4 N–H and O–H groups in total. The van der Waals surface area contributed by atoms with E-state index in [4.69, 9.17) is 46.3 Å². The Balaban J connectivity index is 2.74. The Labute approximate surface area is 124 Å². The number of anilines is 1. The van der Waals surface area contributed by atoms with Gasteiger partial charge in [0.2, 0.25) is 0 Å². The van der Waals surface area contributed by atoms with Crippen LogP contribution < -0.4 is 11.5 Å². The van der Waals surface area contributed by atoms with E-state index >= 15 is 0 Å². The van der Waals surface area contributed by atoms with Gasteiger partial charge in [0.25, 0.3) is 5.91 Å². The fraction of sp³-hybridized carbons (Fsp3) is 0.0909. The van der Waals surface area contributed by atoms with Crippen molar-refractivity contribution in [3.63, 3.8) is 0 Å². The van der Waals surface area contributed by atoms with Crippen molar-refractivity contribution >= 4 is 46.5 Å². The molecule has 1 amide bonds. The summed E-state index contributed by atoms with van der Waals surface area (Å²) in [6.07, 6.45) is 0. The Bertz CT molecular complexity index is 658. The van der Waals surface area contributed by atoms with Gasteiger partial charge in [0.1, 0.15) is 17.1 Å². The molecule has 1 aromatic carbocycles. The summed E-state index contributed by atoms with van der Waals surface area (Å²) >= 11 is 18.0. The van der Waals surface area contributed by atoms with Crippen LogP contribution in [0.1, 0.15) is 16.1 Å². The fourth-order valence-electron chi connectivity index (χ4n) is 1.76. The molecule has 0 aliphatic rings. The van der Waals surface area contributed by atoms with Gasteiger partial charge in [0.15, 0.2) is 0 Å². The highest BCUT2D eigenvalue weighted by Crippen LogP contribution is 2.34. The number of rotatable bonds is 2. The maximum atomic E-state index is 11.3. The maximum absolute atomic E-state index is 11.3. The summed E-state index contributed by atoms with van der Waals surface area (Å²) in [6.45, 7) is 1.62. The Kier molecular flexibility index (Phi) is 3.62. The van der Waals surface area contributed by atoms with Gasteiger partial charge in [-0.1, -0.05) is 34.8 Å². The van der Waals surface area contributed by atoms with E-state index in [1.165, 1.54) is 16.8 Å². The van der Waals surface area contributed by atoms with Gasteiger partial charge in [0.05, 0.1) is 15.7 Å². The van der Waals surface area contributed by atoms with Gasteiger partial charge in [0, 0.05) is 5.02 Å². The quantitative estimate of drug-likeness (QED) is 0.892. The normalized spacial score (nSPS) is 10.7. The number of benzene rings is 1. The molecule has 2 rings (SSSR count). The Morgan fingerprint density at radius 1 is 1.26 bits per heavy atom. The number of carbonyl (C=O) groups is 1. The van der Waals surface area contributed by atoms with Gasteiger partial charge in [-0.25, -0.2) is 4.68 Å². The molecule has 0 radical (unpaired) electrons. The molecule has 5 nitrogen and oxygen atoms in total. The molecule has 0 bridgehead atoms. The lowest BCUT2D eigenvalue weighted by Gasteiger charge is -2.09. The van der Waals surface area contributed by atoms with E-state index in [9.17, 15) is 4.79 Å². The average Bonchev–Trinajstić information content (AvgIpc) is 2.52. The molecular formula is C11H9Cl3N4O. The van der Waals surface area contributed by atoms with Crippen molar-refractivity contribution in [2.45, 2.75) is 6.92 Å². The topological polar surface area (TPSA) is 86.9 Å². The van der Waals surface area contributed by atoms with Gasteiger partial charge >= 0.3 is 0 Å². The highest BCUT2D eigenvalue weighted by atomic mass is 35.5. The zero-order valence-electron chi connectivity index (χ0n) is 9.75. The van der Waals surface area contributed by atoms with Gasteiger partial charge in [-0.3, -0.25) is 4.79 Å². The lowest BCUT2D eigenvalue weighted by atomic mass is 10.2. The summed E-state index contributed by atoms with van der Waals surface area (Å²) in [6, 6.07) is 3.01. The van der Waals surface area contributed by atoms with Crippen molar-refractivity contribution in [3.8, 4) is 5.69 Å². The predicted molar refractivity (Wildman–Crippen MR) is 76.3 cm³/mol. The summed E-state index contributed by atoms with van der Waals surface area (Å²) < 4.78 is 1.27. The lowest BCUT2D eigenvalue weighted by molar-refractivity contribution is 0.100. The summed E-state index contributed by atoms with van der Waals surface area (Å²) in [5.74, 6) is -0.585. The molecule has 1 aromatic heterocycles. The number of aryl methyl sites for hydroxylation is 1. The number of amides is 1. The number of nitrogens with two attached hydrogens (primary N) is 2. The molecule has 0 aliphatic heterocycles. The minimum Gasteiger partial charge on any atom is -0.383 e. The van der Waals surface area contributed by atoms with Crippen LogP contribution in [0.2, 0.25) is 15.1 Å².